The number of alkyl halides is 1. The van der Waals surface area contributed by atoms with Crippen molar-refractivity contribution in [3.05, 3.63) is 0 Å². The highest BCUT2D eigenvalue weighted by atomic mass is 19.1. The van der Waals surface area contributed by atoms with Gasteiger partial charge in [-0.2, -0.15) is 0 Å². The van der Waals surface area contributed by atoms with Gasteiger partial charge >= 0.3 is 0 Å². The third-order valence-electron chi connectivity index (χ3n) is 5.65. The molecule has 0 aromatic heterocycles. The van der Waals surface area contributed by atoms with E-state index in [4.69, 9.17) is 4.74 Å². The Hall–Kier alpha value is -0.680. The molecule has 0 bridgehead atoms. The smallest absolute Gasteiger partial charge is 0.226 e. The number of piperidine rings is 2. The van der Waals surface area contributed by atoms with Gasteiger partial charge in [-0.25, -0.2) is 4.39 Å². The molecule has 1 N–H and O–H groups in total. The molecule has 1 aliphatic carbocycles. The van der Waals surface area contributed by atoms with Gasteiger partial charge in [-0.3, -0.25) is 10.1 Å². The summed E-state index contributed by atoms with van der Waals surface area (Å²) >= 11 is 0. The molecule has 2 saturated heterocycles. The van der Waals surface area contributed by atoms with Gasteiger partial charge in [0.15, 0.2) is 6.30 Å². The fraction of sp³-hybridized carbons (Fsp3) is 0.938. The quantitative estimate of drug-likeness (QED) is 0.792. The van der Waals surface area contributed by atoms with Crippen molar-refractivity contribution >= 4 is 5.91 Å². The first-order valence-electron chi connectivity index (χ1n) is 8.38. The zero-order valence-electron chi connectivity index (χ0n) is 12.9. The van der Waals surface area contributed by atoms with Gasteiger partial charge in [-0.05, 0) is 43.9 Å². The second kappa shape index (κ2) is 6.61. The third-order valence-corrected chi connectivity index (χ3v) is 5.65. The monoisotopic (exact) mass is 298 g/mol. The van der Waals surface area contributed by atoms with E-state index in [9.17, 15) is 9.18 Å². The van der Waals surface area contributed by atoms with Gasteiger partial charge in [0.05, 0.1) is 12.0 Å². The fourth-order valence-corrected chi connectivity index (χ4v) is 4.42. The van der Waals surface area contributed by atoms with Crippen molar-refractivity contribution in [2.24, 2.45) is 17.8 Å². The minimum atomic E-state index is -0.930. The summed E-state index contributed by atoms with van der Waals surface area (Å²) in [5.41, 5.74) is 0. The number of fused-ring (bicyclic) bond motifs is 1. The molecular weight excluding hydrogens is 271 g/mol. The number of halogens is 1. The van der Waals surface area contributed by atoms with E-state index in [1.807, 2.05) is 12.0 Å². The highest BCUT2D eigenvalue weighted by Gasteiger charge is 2.40. The van der Waals surface area contributed by atoms with Crippen LogP contribution >= 0.6 is 0 Å². The van der Waals surface area contributed by atoms with E-state index in [1.54, 1.807) is 0 Å². The van der Waals surface area contributed by atoms with Gasteiger partial charge in [-0.1, -0.05) is 6.42 Å². The lowest BCUT2D eigenvalue weighted by molar-refractivity contribution is -0.141. The van der Waals surface area contributed by atoms with E-state index in [0.717, 1.165) is 25.9 Å². The van der Waals surface area contributed by atoms with Crippen molar-refractivity contribution in [3.63, 3.8) is 0 Å². The molecule has 5 unspecified atom stereocenters. The van der Waals surface area contributed by atoms with Crippen LogP contribution in [-0.4, -0.2) is 50.0 Å². The highest BCUT2D eigenvalue weighted by Crippen LogP contribution is 2.38. The summed E-state index contributed by atoms with van der Waals surface area (Å²) in [5.74, 6) is 1.40. The van der Waals surface area contributed by atoms with Crippen LogP contribution in [0.5, 0.6) is 0 Å². The molecule has 1 amide bonds. The number of hydrogen-bond acceptors (Lipinski definition) is 3. The summed E-state index contributed by atoms with van der Waals surface area (Å²) in [5, 5.41) is 2.79. The number of carbonyl (C=O) groups is 1. The van der Waals surface area contributed by atoms with Crippen molar-refractivity contribution in [2.75, 3.05) is 26.7 Å². The summed E-state index contributed by atoms with van der Waals surface area (Å²) < 4.78 is 18.7. The van der Waals surface area contributed by atoms with Gasteiger partial charge in [0.25, 0.3) is 0 Å². The molecule has 1 saturated carbocycles. The van der Waals surface area contributed by atoms with Crippen molar-refractivity contribution in [1.82, 2.24) is 10.2 Å². The number of amides is 1. The Bertz CT molecular complexity index is 371. The number of ether oxygens (including phenoxy) is 1. The van der Waals surface area contributed by atoms with E-state index in [0.29, 0.717) is 37.3 Å². The van der Waals surface area contributed by atoms with Crippen molar-refractivity contribution in [2.45, 2.75) is 50.9 Å². The second-order valence-electron chi connectivity index (χ2n) is 6.85. The van der Waals surface area contributed by atoms with Crippen LogP contribution in [-0.2, 0) is 9.53 Å². The Morgan fingerprint density at radius 1 is 1.24 bits per heavy atom. The Morgan fingerprint density at radius 3 is 2.81 bits per heavy atom. The molecule has 4 nitrogen and oxygen atoms in total. The van der Waals surface area contributed by atoms with Gasteiger partial charge < -0.3 is 9.64 Å². The lowest BCUT2D eigenvalue weighted by Crippen LogP contribution is -2.52. The maximum Gasteiger partial charge on any atom is 0.226 e. The van der Waals surface area contributed by atoms with Gasteiger partial charge in [0.1, 0.15) is 0 Å². The first-order chi connectivity index (χ1) is 10.2. The van der Waals surface area contributed by atoms with Crippen LogP contribution < -0.4 is 5.32 Å². The average molecular weight is 298 g/mol. The van der Waals surface area contributed by atoms with Crippen molar-refractivity contribution in [1.29, 1.82) is 0 Å². The Balaban J connectivity index is 1.57. The highest BCUT2D eigenvalue weighted by molar-refractivity contribution is 5.79. The number of rotatable bonds is 2. The SMILES string of the molecule is COC1CCCC2CN(C(=O)C3CCC(F)NC3)CCC21. The Labute approximate surface area is 126 Å². The third kappa shape index (κ3) is 3.24. The fourth-order valence-electron chi connectivity index (χ4n) is 4.42. The number of methoxy groups -OCH3 is 1. The second-order valence-corrected chi connectivity index (χ2v) is 6.85. The molecule has 2 heterocycles. The van der Waals surface area contributed by atoms with E-state index in [-0.39, 0.29) is 11.8 Å². The predicted octanol–water partition coefficient (Wildman–Crippen LogP) is 1.95. The molecule has 3 rings (SSSR count). The van der Waals surface area contributed by atoms with Crippen molar-refractivity contribution in [3.8, 4) is 0 Å². The van der Waals surface area contributed by atoms with Crippen LogP contribution in [0, 0.1) is 17.8 Å². The zero-order chi connectivity index (χ0) is 14.8. The van der Waals surface area contributed by atoms with Crippen LogP contribution in [0.1, 0.15) is 38.5 Å². The van der Waals surface area contributed by atoms with Gasteiger partial charge in [-0.15, -0.1) is 0 Å². The number of hydrogen-bond donors (Lipinski definition) is 1. The van der Waals surface area contributed by atoms with Crippen molar-refractivity contribution < 1.29 is 13.9 Å². The molecule has 3 aliphatic rings. The first kappa shape index (κ1) is 15.2. The molecule has 0 radical (unpaired) electrons. The van der Waals surface area contributed by atoms with E-state index >= 15 is 0 Å². The summed E-state index contributed by atoms with van der Waals surface area (Å²) in [6, 6.07) is 0. The summed E-state index contributed by atoms with van der Waals surface area (Å²) in [7, 11) is 1.81. The number of nitrogens with zero attached hydrogens (tertiary/aromatic N) is 1. The first-order valence-corrected chi connectivity index (χ1v) is 8.38. The number of likely N-dealkylation sites (tertiary alicyclic amines) is 1. The lowest BCUT2D eigenvalue weighted by Gasteiger charge is -2.45. The minimum Gasteiger partial charge on any atom is -0.381 e. The van der Waals surface area contributed by atoms with Crippen LogP contribution in [0.25, 0.3) is 0 Å². The maximum absolute atomic E-state index is 13.1. The Morgan fingerprint density at radius 2 is 2.10 bits per heavy atom. The topological polar surface area (TPSA) is 41.6 Å². The molecule has 0 aromatic carbocycles. The van der Waals surface area contributed by atoms with Gasteiger partial charge in [0, 0.05) is 26.7 Å². The zero-order valence-corrected chi connectivity index (χ0v) is 12.9. The standard InChI is InChI=1S/C16H27FN2O2/c1-21-14-4-2-3-12-10-19(8-7-13(12)14)16(20)11-5-6-15(17)18-9-11/h11-15,18H,2-10H2,1H3. The molecule has 3 fully saturated rings. The average Bonchev–Trinajstić information content (AvgIpc) is 2.53. The molecule has 2 aliphatic heterocycles. The lowest BCUT2D eigenvalue weighted by atomic mass is 9.73. The van der Waals surface area contributed by atoms with Gasteiger partial charge in [0.2, 0.25) is 5.91 Å². The molecular formula is C16H27FN2O2. The molecule has 5 heteroatoms. The van der Waals surface area contributed by atoms with E-state index in [2.05, 4.69) is 5.32 Å². The summed E-state index contributed by atoms with van der Waals surface area (Å²) in [4.78, 5) is 14.6. The molecule has 5 atom stereocenters. The molecule has 120 valence electrons. The van der Waals surface area contributed by atoms with Crippen LogP contribution in [0.3, 0.4) is 0 Å². The van der Waals surface area contributed by atoms with Crippen LogP contribution in [0.2, 0.25) is 0 Å². The summed E-state index contributed by atoms with van der Waals surface area (Å²) in [6.07, 6.45) is 5.22. The largest absolute Gasteiger partial charge is 0.381 e. The molecule has 21 heavy (non-hydrogen) atoms. The van der Waals surface area contributed by atoms with E-state index < -0.39 is 6.30 Å². The molecule has 0 aromatic rings. The number of carbonyl (C=O) groups excluding carboxylic acids is 1. The number of nitrogens with one attached hydrogen (secondary N) is 1. The Kier molecular flexibility index (Phi) is 4.79. The molecule has 0 spiro atoms. The van der Waals surface area contributed by atoms with Crippen LogP contribution in [0.4, 0.5) is 4.39 Å². The van der Waals surface area contributed by atoms with E-state index in [1.165, 1.54) is 12.8 Å². The summed E-state index contributed by atoms with van der Waals surface area (Å²) in [6.45, 7) is 2.21. The maximum atomic E-state index is 13.1. The predicted molar refractivity (Wildman–Crippen MR) is 78.4 cm³/mol. The normalized spacial score (nSPS) is 40.7. The minimum absolute atomic E-state index is 0.0321. The van der Waals surface area contributed by atoms with Crippen LogP contribution in [0.15, 0.2) is 0 Å².